The highest BCUT2D eigenvalue weighted by Gasteiger charge is 2.36. The first-order valence-corrected chi connectivity index (χ1v) is 20.9. The van der Waals surface area contributed by atoms with Crippen LogP contribution in [0.15, 0.2) is 121 Å². The van der Waals surface area contributed by atoms with Gasteiger partial charge in [0, 0.05) is 56.7 Å². The van der Waals surface area contributed by atoms with E-state index in [1.54, 1.807) is 40.8 Å². The number of ether oxygens (including phenoxy) is 2. The third kappa shape index (κ3) is 8.22. The van der Waals surface area contributed by atoms with E-state index in [0.717, 1.165) is 29.8 Å². The lowest BCUT2D eigenvalue weighted by Crippen LogP contribution is -2.52. The molecule has 12 nitrogen and oxygen atoms in total. The van der Waals surface area contributed by atoms with Crippen LogP contribution in [0.25, 0.3) is 5.69 Å². The van der Waals surface area contributed by atoms with Crippen molar-refractivity contribution in [3.05, 3.63) is 166 Å². The number of aromatic hydroxyl groups is 1. The number of phenols is 1. The number of carbonyl (C=O) groups is 3. The average Bonchev–Trinajstić information content (AvgIpc) is 3.59. The zero-order valence-corrected chi connectivity index (χ0v) is 34.5. The zero-order chi connectivity index (χ0) is 42.0. The summed E-state index contributed by atoms with van der Waals surface area (Å²) in [5.74, 6) is -0.162. The van der Waals surface area contributed by atoms with E-state index in [0.29, 0.717) is 79.8 Å². The molecule has 3 amide bonds. The Morgan fingerprint density at radius 1 is 0.803 bits per heavy atom. The standard InChI is InChI=1S/C48H45ClN6O6/c1-32-44(49)45(47(58)54(37-12-4-2-5-13-37)38-16-18-40(56)19-17-38)50-55(32)43-28-34-20-21-52(48(59)61-41-14-6-3-7-15-41)29-36(34)27-42(43)46(57)53-30-35-11-9-8-10-33(35)26-39(53)31-51-22-24-60-25-23-51/h2-19,27-28,39,56H,20-26,29-31H2,1H3/t39-/m0/s1. The third-order valence-electron chi connectivity index (χ3n) is 11.8. The molecule has 0 unspecified atom stereocenters. The second-order valence-electron chi connectivity index (χ2n) is 15.6. The van der Waals surface area contributed by atoms with Gasteiger partial charge in [-0.3, -0.25) is 19.4 Å². The van der Waals surface area contributed by atoms with Crippen molar-refractivity contribution in [2.45, 2.75) is 38.9 Å². The number of anilines is 2. The Bertz CT molecular complexity index is 2580. The number of halogens is 1. The quantitative estimate of drug-likeness (QED) is 0.164. The number of aromatic nitrogens is 2. The van der Waals surface area contributed by atoms with Gasteiger partial charge < -0.3 is 24.4 Å². The molecule has 9 rings (SSSR count). The number of amides is 3. The maximum Gasteiger partial charge on any atom is 0.415 e. The van der Waals surface area contributed by atoms with Crippen LogP contribution in [0.4, 0.5) is 16.2 Å². The van der Waals surface area contributed by atoms with Gasteiger partial charge in [0.15, 0.2) is 5.69 Å². The molecule has 0 spiro atoms. The van der Waals surface area contributed by atoms with Gasteiger partial charge in [-0.1, -0.05) is 72.3 Å². The van der Waals surface area contributed by atoms with Crippen molar-refractivity contribution >= 4 is 40.9 Å². The third-order valence-corrected chi connectivity index (χ3v) is 12.2. The number of benzene rings is 5. The highest BCUT2D eigenvalue weighted by Crippen LogP contribution is 2.35. The Kier molecular flexibility index (Phi) is 11.3. The van der Waals surface area contributed by atoms with Crippen LogP contribution in [0, 0.1) is 6.92 Å². The summed E-state index contributed by atoms with van der Waals surface area (Å²) in [7, 11) is 0. The lowest BCUT2D eigenvalue weighted by Gasteiger charge is -2.41. The molecule has 6 aromatic rings. The van der Waals surface area contributed by atoms with Crippen LogP contribution in [0.1, 0.15) is 48.8 Å². The van der Waals surface area contributed by atoms with Gasteiger partial charge in [-0.25, -0.2) is 9.48 Å². The molecule has 0 aliphatic carbocycles. The monoisotopic (exact) mass is 836 g/mol. The Morgan fingerprint density at radius 3 is 2.21 bits per heavy atom. The van der Waals surface area contributed by atoms with Crippen molar-refractivity contribution in [1.29, 1.82) is 0 Å². The molecule has 3 aliphatic rings. The molecule has 1 fully saturated rings. The average molecular weight is 837 g/mol. The molecule has 1 aromatic heterocycles. The fourth-order valence-corrected chi connectivity index (χ4v) is 8.70. The first-order valence-electron chi connectivity index (χ1n) is 20.5. The van der Waals surface area contributed by atoms with Crippen LogP contribution in [-0.4, -0.2) is 92.9 Å². The Hall–Kier alpha value is -6.47. The summed E-state index contributed by atoms with van der Waals surface area (Å²) in [5, 5.41) is 15.1. The molecule has 1 N–H and O–H groups in total. The lowest BCUT2D eigenvalue weighted by atomic mass is 9.91. The first kappa shape index (κ1) is 40.0. The van der Waals surface area contributed by atoms with Crippen LogP contribution in [0.2, 0.25) is 5.02 Å². The number of carbonyl (C=O) groups excluding carboxylic acids is 3. The molecular weight excluding hydrogens is 792 g/mol. The normalized spacial score (nSPS) is 16.4. The molecule has 13 heteroatoms. The summed E-state index contributed by atoms with van der Waals surface area (Å²) in [5.41, 5.74) is 6.51. The minimum atomic E-state index is -0.486. The predicted octanol–water partition coefficient (Wildman–Crippen LogP) is 7.97. The molecule has 3 aliphatic heterocycles. The van der Waals surface area contributed by atoms with Gasteiger partial charge in [0.1, 0.15) is 11.5 Å². The number of phenolic OH excluding ortho intramolecular Hbond substituents is 1. The number of hydrogen-bond donors (Lipinski definition) is 1. The van der Waals surface area contributed by atoms with Gasteiger partial charge in [-0.2, -0.15) is 5.10 Å². The number of rotatable bonds is 8. The molecule has 61 heavy (non-hydrogen) atoms. The van der Waals surface area contributed by atoms with Crippen LogP contribution in [-0.2, 0) is 30.7 Å². The highest BCUT2D eigenvalue weighted by molar-refractivity contribution is 6.35. The predicted molar refractivity (Wildman–Crippen MR) is 232 cm³/mol. The van der Waals surface area contributed by atoms with Gasteiger partial charge in [-0.15, -0.1) is 0 Å². The fourth-order valence-electron chi connectivity index (χ4n) is 8.50. The largest absolute Gasteiger partial charge is 0.508 e. The van der Waals surface area contributed by atoms with Crippen molar-refractivity contribution in [1.82, 2.24) is 24.5 Å². The Morgan fingerprint density at radius 2 is 1.48 bits per heavy atom. The highest BCUT2D eigenvalue weighted by atomic mass is 35.5. The number of nitrogens with zero attached hydrogens (tertiary/aromatic N) is 6. The van der Waals surface area contributed by atoms with Crippen molar-refractivity contribution in [2.75, 3.05) is 44.3 Å². The van der Waals surface area contributed by atoms with E-state index in [9.17, 15) is 14.7 Å². The van der Waals surface area contributed by atoms with Crippen molar-refractivity contribution < 1.29 is 29.0 Å². The SMILES string of the molecule is Cc1c(Cl)c(C(=O)N(c2ccccc2)c2ccc(O)cc2)nn1-c1cc2c(cc1C(=O)N1Cc3ccccc3C[C@H]1CN1CCOCC1)CN(C(=O)Oc1ccccc1)CC2. The van der Waals surface area contributed by atoms with E-state index in [4.69, 9.17) is 26.2 Å². The van der Waals surface area contributed by atoms with Gasteiger partial charge >= 0.3 is 6.09 Å². The maximum absolute atomic E-state index is 15.4. The topological polar surface area (TPSA) is 121 Å². The van der Waals surface area contributed by atoms with E-state index >= 15 is 4.79 Å². The molecule has 0 bridgehead atoms. The molecular formula is C48H45ClN6O6. The summed E-state index contributed by atoms with van der Waals surface area (Å²) in [6.45, 7) is 6.37. The number of morpholine rings is 1. The summed E-state index contributed by atoms with van der Waals surface area (Å²) in [6.07, 6.45) is 0.720. The summed E-state index contributed by atoms with van der Waals surface area (Å²) in [6, 6.07) is 36.4. The van der Waals surface area contributed by atoms with E-state index in [-0.39, 0.29) is 35.0 Å². The maximum atomic E-state index is 15.4. The summed E-state index contributed by atoms with van der Waals surface area (Å²) < 4.78 is 13.0. The fraction of sp³-hybridized carbons (Fsp3) is 0.250. The van der Waals surface area contributed by atoms with Crippen LogP contribution in [0.3, 0.4) is 0 Å². The van der Waals surface area contributed by atoms with Gasteiger partial charge in [0.05, 0.1) is 35.2 Å². The molecule has 1 saturated heterocycles. The molecule has 310 valence electrons. The first-order chi connectivity index (χ1) is 29.7. The Labute approximate surface area is 359 Å². The smallest absolute Gasteiger partial charge is 0.415 e. The van der Waals surface area contributed by atoms with Crippen LogP contribution in [0.5, 0.6) is 11.5 Å². The second kappa shape index (κ2) is 17.3. The zero-order valence-electron chi connectivity index (χ0n) is 33.7. The molecule has 4 heterocycles. The Balaban J connectivity index is 1.13. The number of fused-ring (bicyclic) bond motifs is 2. The summed E-state index contributed by atoms with van der Waals surface area (Å²) in [4.78, 5) is 51.1. The van der Waals surface area contributed by atoms with Gasteiger partial charge in [0.25, 0.3) is 11.8 Å². The molecule has 0 radical (unpaired) electrons. The minimum Gasteiger partial charge on any atom is -0.508 e. The molecule has 1 atom stereocenters. The van der Waals surface area contributed by atoms with Crippen molar-refractivity contribution in [3.63, 3.8) is 0 Å². The number of hydrogen-bond acceptors (Lipinski definition) is 8. The number of para-hydroxylation sites is 2. The van der Waals surface area contributed by atoms with E-state index in [2.05, 4.69) is 17.0 Å². The van der Waals surface area contributed by atoms with E-state index in [1.807, 2.05) is 77.7 Å². The van der Waals surface area contributed by atoms with E-state index in [1.165, 1.54) is 22.6 Å². The lowest BCUT2D eigenvalue weighted by molar-refractivity contribution is 0.0192. The van der Waals surface area contributed by atoms with Crippen molar-refractivity contribution in [3.8, 4) is 17.2 Å². The van der Waals surface area contributed by atoms with Crippen LogP contribution < -0.4 is 9.64 Å². The van der Waals surface area contributed by atoms with Crippen LogP contribution >= 0.6 is 11.6 Å². The minimum absolute atomic E-state index is 0.000796. The van der Waals surface area contributed by atoms with Crippen molar-refractivity contribution in [2.24, 2.45) is 0 Å². The summed E-state index contributed by atoms with van der Waals surface area (Å²) >= 11 is 7.10. The molecule has 0 saturated carbocycles. The van der Waals surface area contributed by atoms with E-state index < -0.39 is 12.0 Å². The van der Waals surface area contributed by atoms with Gasteiger partial charge in [0.2, 0.25) is 0 Å². The molecule has 5 aromatic carbocycles. The second-order valence-corrected chi connectivity index (χ2v) is 16.0. The van der Waals surface area contributed by atoms with Gasteiger partial charge in [-0.05, 0) is 103 Å².